The maximum absolute atomic E-state index is 12.5. The van der Waals surface area contributed by atoms with E-state index in [1.165, 1.54) is 11.1 Å². The zero-order valence-corrected chi connectivity index (χ0v) is 13.9. The number of rotatable bonds is 3. The van der Waals surface area contributed by atoms with Gasteiger partial charge in [0.2, 0.25) is 5.91 Å². The minimum absolute atomic E-state index is 0.135. The van der Waals surface area contributed by atoms with Crippen molar-refractivity contribution in [1.29, 1.82) is 0 Å². The van der Waals surface area contributed by atoms with Gasteiger partial charge in [-0.25, -0.2) is 0 Å². The van der Waals surface area contributed by atoms with Gasteiger partial charge in [0.25, 0.3) is 0 Å². The minimum atomic E-state index is 0.135. The summed E-state index contributed by atoms with van der Waals surface area (Å²) in [6.07, 6.45) is 5.80. The summed E-state index contributed by atoms with van der Waals surface area (Å²) in [5, 5.41) is 4.15. The number of anilines is 1. The second-order valence-electron chi connectivity index (χ2n) is 6.52. The summed E-state index contributed by atoms with van der Waals surface area (Å²) in [5.41, 5.74) is 3.43. The predicted molar refractivity (Wildman–Crippen MR) is 91.1 cm³/mol. The predicted octanol–water partition coefficient (Wildman–Crippen LogP) is 1.59. The molecule has 24 heavy (non-hydrogen) atoms. The molecule has 0 spiro atoms. The fraction of sp³-hybridized carbons (Fsp3) is 0.444. The number of aryl methyl sites for hydroxylation is 2. The van der Waals surface area contributed by atoms with Crippen molar-refractivity contribution in [2.45, 2.75) is 19.4 Å². The Hall–Kier alpha value is -2.34. The van der Waals surface area contributed by atoms with E-state index < -0.39 is 0 Å². The summed E-state index contributed by atoms with van der Waals surface area (Å²) in [6.45, 7) is 3.65. The van der Waals surface area contributed by atoms with E-state index in [1.54, 1.807) is 10.9 Å². The molecule has 6 nitrogen and oxygen atoms in total. The second kappa shape index (κ2) is 6.28. The van der Waals surface area contributed by atoms with Crippen LogP contribution in [0.1, 0.15) is 17.5 Å². The first-order chi connectivity index (χ1) is 11.7. The van der Waals surface area contributed by atoms with E-state index in [0.29, 0.717) is 13.1 Å². The van der Waals surface area contributed by atoms with Crippen LogP contribution in [0.5, 0.6) is 5.75 Å². The minimum Gasteiger partial charge on any atom is -0.493 e. The number of carbonyl (C=O) groups is 1. The zero-order valence-electron chi connectivity index (χ0n) is 13.9. The molecular weight excluding hydrogens is 304 g/mol. The lowest BCUT2D eigenvalue weighted by molar-refractivity contribution is -0.121. The molecule has 0 unspecified atom stereocenters. The molecule has 2 aliphatic rings. The van der Waals surface area contributed by atoms with Crippen molar-refractivity contribution in [1.82, 2.24) is 14.7 Å². The fourth-order valence-electron chi connectivity index (χ4n) is 3.45. The first-order valence-corrected chi connectivity index (χ1v) is 8.45. The summed E-state index contributed by atoms with van der Waals surface area (Å²) in [4.78, 5) is 16.5. The van der Waals surface area contributed by atoms with Crippen molar-refractivity contribution in [2.24, 2.45) is 7.05 Å². The van der Waals surface area contributed by atoms with Gasteiger partial charge >= 0.3 is 0 Å². The van der Waals surface area contributed by atoms with Crippen molar-refractivity contribution in [2.75, 3.05) is 31.1 Å². The third-order valence-electron chi connectivity index (χ3n) is 4.68. The smallest absolute Gasteiger partial charge is 0.241 e. The Balaban J connectivity index is 1.41. The molecule has 0 saturated carbocycles. The molecule has 0 N–H and O–H groups in total. The molecule has 0 aliphatic carbocycles. The highest BCUT2D eigenvalue weighted by Gasteiger charge is 2.26. The number of piperazine rings is 1. The average Bonchev–Trinajstić information content (AvgIpc) is 3.01. The van der Waals surface area contributed by atoms with E-state index in [4.69, 9.17) is 4.74 Å². The molecule has 6 heteroatoms. The monoisotopic (exact) mass is 326 g/mol. The van der Waals surface area contributed by atoms with E-state index in [0.717, 1.165) is 44.0 Å². The fourth-order valence-corrected chi connectivity index (χ4v) is 3.45. The second-order valence-corrected chi connectivity index (χ2v) is 6.52. The van der Waals surface area contributed by atoms with E-state index in [9.17, 15) is 4.79 Å². The first kappa shape index (κ1) is 15.2. The molecular formula is C18H22N4O2. The molecule has 1 amide bonds. The number of hydrogen-bond acceptors (Lipinski definition) is 4. The topological polar surface area (TPSA) is 50.6 Å². The Morgan fingerprint density at radius 1 is 1.29 bits per heavy atom. The maximum Gasteiger partial charge on any atom is 0.241 e. The third kappa shape index (κ3) is 3.01. The van der Waals surface area contributed by atoms with Gasteiger partial charge in [-0.1, -0.05) is 12.1 Å². The van der Waals surface area contributed by atoms with E-state index >= 15 is 0 Å². The molecule has 4 rings (SSSR count). The summed E-state index contributed by atoms with van der Waals surface area (Å²) < 4.78 is 7.39. The molecule has 0 atom stereocenters. The summed E-state index contributed by atoms with van der Waals surface area (Å²) in [6, 6.07) is 6.41. The summed E-state index contributed by atoms with van der Waals surface area (Å²) in [7, 11) is 1.87. The SMILES string of the molecule is Cn1cc(N2CCN(Cc3ccc4c(c3)CCCO4)CC2=O)cn1. The lowest BCUT2D eigenvalue weighted by atomic mass is 10.0. The molecule has 0 bridgehead atoms. The molecule has 2 aromatic rings. The number of aromatic nitrogens is 2. The van der Waals surface area contributed by atoms with Crippen LogP contribution < -0.4 is 9.64 Å². The molecule has 1 aromatic heterocycles. The van der Waals surface area contributed by atoms with Crippen molar-refractivity contribution in [3.05, 3.63) is 41.7 Å². The summed E-state index contributed by atoms with van der Waals surface area (Å²) in [5.74, 6) is 1.15. The van der Waals surface area contributed by atoms with Gasteiger partial charge in [-0.15, -0.1) is 0 Å². The van der Waals surface area contributed by atoms with E-state index in [-0.39, 0.29) is 5.91 Å². The van der Waals surface area contributed by atoms with Crippen LogP contribution in [0.2, 0.25) is 0 Å². The van der Waals surface area contributed by atoms with Gasteiger partial charge < -0.3 is 9.64 Å². The Morgan fingerprint density at radius 3 is 3.00 bits per heavy atom. The quantitative estimate of drug-likeness (QED) is 0.860. The Bertz CT molecular complexity index is 755. The molecule has 0 radical (unpaired) electrons. The average molecular weight is 326 g/mol. The number of ether oxygens (including phenoxy) is 1. The van der Waals surface area contributed by atoms with Gasteiger partial charge in [-0.05, 0) is 30.0 Å². The van der Waals surface area contributed by atoms with E-state index in [1.807, 2.05) is 18.1 Å². The van der Waals surface area contributed by atoms with Crippen molar-refractivity contribution in [3.63, 3.8) is 0 Å². The van der Waals surface area contributed by atoms with Crippen LogP contribution in [-0.2, 0) is 24.8 Å². The highest BCUT2D eigenvalue weighted by atomic mass is 16.5. The Morgan fingerprint density at radius 2 is 2.21 bits per heavy atom. The first-order valence-electron chi connectivity index (χ1n) is 8.45. The van der Waals surface area contributed by atoms with Crippen LogP contribution in [0.15, 0.2) is 30.6 Å². The lowest BCUT2D eigenvalue weighted by Crippen LogP contribution is -2.50. The number of carbonyl (C=O) groups excluding carboxylic acids is 1. The van der Waals surface area contributed by atoms with Gasteiger partial charge in [0.1, 0.15) is 5.75 Å². The van der Waals surface area contributed by atoms with Crippen LogP contribution in [-0.4, -0.2) is 46.8 Å². The largest absolute Gasteiger partial charge is 0.493 e. The molecule has 1 fully saturated rings. The van der Waals surface area contributed by atoms with Gasteiger partial charge in [-0.2, -0.15) is 5.10 Å². The summed E-state index contributed by atoms with van der Waals surface area (Å²) >= 11 is 0. The van der Waals surface area contributed by atoms with Crippen molar-refractivity contribution >= 4 is 11.6 Å². The molecule has 2 aliphatic heterocycles. The number of nitrogens with zero attached hydrogens (tertiary/aromatic N) is 4. The number of hydrogen-bond donors (Lipinski definition) is 0. The standard InChI is InChI=1S/C18H22N4O2/c1-20-12-16(10-19-20)22-7-6-21(13-18(22)23)11-14-4-5-17-15(9-14)3-2-8-24-17/h4-5,9-10,12H,2-3,6-8,11,13H2,1H3. The van der Waals surface area contributed by atoms with Gasteiger partial charge in [0.15, 0.2) is 0 Å². The highest BCUT2D eigenvalue weighted by Crippen LogP contribution is 2.26. The Labute approximate surface area is 141 Å². The molecule has 3 heterocycles. The normalized spacial score (nSPS) is 18.4. The van der Waals surface area contributed by atoms with Gasteiger partial charge in [0, 0.05) is 32.9 Å². The zero-order chi connectivity index (χ0) is 16.5. The third-order valence-corrected chi connectivity index (χ3v) is 4.68. The van der Waals surface area contributed by atoms with Crippen LogP contribution in [0.4, 0.5) is 5.69 Å². The Kier molecular flexibility index (Phi) is 3.98. The van der Waals surface area contributed by atoms with Crippen LogP contribution in [0, 0.1) is 0 Å². The van der Waals surface area contributed by atoms with Crippen LogP contribution in [0.25, 0.3) is 0 Å². The number of amides is 1. The number of benzene rings is 1. The van der Waals surface area contributed by atoms with E-state index in [2.05, 4.69) is 28.2 Å². The molecule has 1 saturated heterocycles. The molecule has 1 aromatic carbocycles. The molecule has 126 valence electrons. The van der Waals surface area contributed by atoms with Gasteiger partial charge in [0.05, 0.1) is 25.0 Å². The van der Waals surface area contributed by atoms with Crippen LogP contribution >= 0.6 is 0 Å². The van der Waals surface area contributed by atoms with Crippen LogP contribution in [0.3, 0.4) is 0 Å². The number of fused-ring (bicyclic) bond motifs is 1. The van der Waals surface area contributed by atoms with Gasteiger partial charge in [-0.3, -0.25) is 14.4 Å². The maximum atomic E-state index is 12.5. The van der Waals surface area contributed by atoms with Crippen molar-refractivity contribution < 1.29 is 9.53 Å². The van der Waals surface area contributed by atoms with Crippen molar-refractivity contribution in [3.8, 4) is 5.75 Å². The highest BCUT2D eigenvalue weighted by molar-refractivity contribution is 5.95. The lowest BCUT2D eigenvalue weighted by Gasteiger charge is -2.33.